The highest BCUT2D eigenvalue weighted by Crippen LogP contribution is 2.68. The fourth-order valence-corrected chi connectivity index (χ4v) is 9.32. The van der Waals surface area contributed by atoms with E-state index in [1.807, 2.05) is 0 Å². The van der Waals surface area contributed by atoms with Crippen LogP contribution in [0.25, 0.3) is 0 Å². The standard InChI is InChI=1S/C27H49N/c1-18(2)7-6-8-19(3)23-11-12-24-22-10-9-20-17-21(28)13-15-26(20,4)25(22)14-16-27(23,24)5/h18-25H,6-17,28H2,1-5H3/t19-,20-,21-,22-,23+,24-,25-,26-,27+/m0/s1. The molecule has 0 aromatic heterocycles. The molecule has 0 amide bonds. The van der Waals surface area contributed by atoms with Crippen LogP contribution in [0.3, 0.4) is 0 Å². The van der Waals surface area contributed by atoms with E-state index < -0.39 is 0 Å². The van der Waals surface area contributed by atoms with E-state index in [4.69, 9.17) is 5.73 Å². The second-order valence-corrected chi connectivity index (χ2v) is 12.7. The molecule has 28 heavy (non-hydrogen) atoms. The smallest absolute Gasteiger partial charge is 0.00418 e. The van der Waals surface area contributed by atoms with E-state index in [-0.39, 0.29) is 0 Å². The highest BCUT2D eigenvalue weighted by atomic mass is 14.7. The van der Waals surface area contributed by atoms with Crippen LogP contribution in [-0.4, -0.2) is 6.04 Å². The number of hydrogen-bond donors (Lipinski definition) is 1. The van der Waals surface area contributed by atoms with Crippen LogP contribution in [-0.2, 0) is 0 Å². The number of nitrogens with two attached hydrogens (primary N) is 1. The van der Waals surface area contributed by atoms with Crippen LogP contribution in [0.5, 0.6) is 0 Å². The van der Waals surface area contributed by atoms with Gasteiger partial charge in [0.15, 0.2) is 0 Å². The van der Waals surface area contributed by atoms with E-state index in [1.54, 1.807) is 0 Å². The Morgan fingerprint density at radius 3 is 2.29 bits per heavy atom. The van der Waals surface area contributed by atoms with E-state index in [9.17, 15) is 0 Å². The molecule has 0 aromatic carbocycles. The zero-order valence-corrected chi connectivity index (χ0v) is 19.7. The minimum absolute atomic E-state index is 0.492. The van der Waals surface area contributed by atoms with Crippen LogP contribution < -0.4 is 5.73 Å². The fourth-order valence-electron chi connectivity index (χ4n) is 9.32. The van der Waals surface area contributed by atoms with Crippen molar-refractivity contribution in [3.8, 4) is 0 Å². The molecule has 4 aliphatic rings. The normalized spacial score (nSPS) is 49.4. The molecule has 2 N–H and O–H groups in total. The highest BCUT2D eigenvalue weighted by Gasteiger charge is 2.60. The molecule has 0 spiro atoms. The van der Waals surface area contributed by atoms with Crippen molar-refractivity contribution in [1.29, 1.82) is 0 Å². The highest BCUT2D eigenvalue weighted by molar-refractivity contribution is 5.09. The summed E-state index contributed by atoms with van der Waals surface area (Å²) in [6.07, 6.45) is 17.5. The molecule has 0 radical (unpaired) electrons. The lowest BCUT2D eigenvalue weighted by atomic mass is 9.44. The molecule has 0 aromatic rings. The maximum Gasteiger partial charge on any atom is 0.00418 e. The minimum atomic E-state index is 0.492. The Kier molecular flexibility index (Phi) is 5.98. The second-order valence-electron chi connectivity index (χ2n) is 12.7. The van der Waals surface area contributed by atoms with Gasteiger partial charge in [0.1, 0.15) is 0 Å². The summed E-state index contributed by atoms with van der Waals surface area (Å²) in [6, 6.07) is 0.492. The molecule has 1 nitrogen and oxygen atoms in total. The zero-order chi connectivity index (χ0) is 20.1. The Bertz CT molecular complexity index is 540. The third kappa shape index (κ3) is 3.50. The molecule has 4 aliphatic carbocycles. The molecule has 4 saturated carbocycles. The average Bonchev–Trinajstić information content (AvgIpc) is 2.99. The van der Waals surface area contributed by atoms with Gasteiger partial charge in [-0.2, -0.15) is 0 Å². The third-order valence-electron chi connectivity index (χ3n) is 10.9. The van der Waals surface area contributed by atoms with Crippen LogP contribution in [0.2, 0.25) is 0 Å². The van der Waals surface area contributed by atoms with E-state index in [0.717, 1.165) is 41.4 Å². The lowest BCUT2D eigenvalue weighted by molar-refractivity contribution is -0.116. The Balaban J connectivity index is 1.46. The van der Waals surface area contributed by atoms with Gasteiger partial charge in [-0.1, -0.05) is 53.9 Å². The van der Waals surface area contributed by atoms with Crippen molar-refractivity contribution in [3.05, 3.63) is 0 Å². The summed E-state index contributed by atoms with van der Waals surface area (Å²) < 4.78 is 0. The Hall–Kier alpha value is -0.0400. The van der Waals surface area contributed by atoms with Crippen molar-refractivity contribution in [2.24, 2.45) is 58.0 Å². The quantitative estimate of drug-likeness (QED) is 0.521. The van der Waals surface area contributed by atoms with E-state index in [2.05, 4.69) is 34.6 Å². The monoisotopic (exact) mass is 387 g/mol. The average molecular weight is 388 g/mol. The summed E-state index contributed by atoms with van der Waals surface area (Å²) in [5.41, 5.74) is 7.64. The van der Waals surface area contributed by atoms with Crippen molar-refractivity contribution in [3.63, 3.8) is 0 Å². The molecule has 0 saturated heterocycles. The summed E-state index contributed by atoms with van der Waals surface area (Å²) in [5, 5.41) is 0. The SMILES string of the molecule is CC(C)CCC[C@H](C)[C@H]1CC[C@H]2[C@@H]3CC[C@H]4C[C@@H](N)CC[C@]4(C)[C@H]3CC[C@]12C. The van der Waals surface area contributed by atoms with E-state index in [1.165, 1.54) is 77.0 Å². The van der Waals surface area contributed by atoms with Gasteiger partial charge in [0.2, 0.25) is 0 Å². The van der Waals surface area contributed by atoms with Crippen molar-refractivity contribution in [2.75, 3.05) is 0 Å². The zero-order valence-electron chi connectivity index (χ0n) is 19.7. The molecule has 4 rings (SSSR count). The van der Waals surface area contributed by atoms with E-state index >= 15 is 0 Å². The van der Waals surface area contributed by atoms with Crippen LogP contribution in [0.4, 0.5) is 0 Å². The first-order valence-electron chi connectivity index (χ1n) is 13.0. The first-order chi connectivity index (χ1) is 13.3. The topological polar surface area (TPSA) is 26.0 Å². The minimum Gasteiger partial charge on any atom is -0.328 e. The number of fused-ring (bicyclic) bond motifs is 5. The maximum atomic E-state index is 6.39. The van der Waals surface area contributed by atoms with Gasteiger partial charge in [0, 0.05) is 6.04 Å². The summed E-state index contributed by atoms with van der Waals surface area (Å²) in [7, 11) is 0. The first kappa shape index (κ1) is 21.2. The summed E-state index contributed by atoms with van der Waals surface area (Å²) >= 11 is 0. The summed E-state index contributed by atoms with van der Waals surface area (Å²) in [6.45, 7) is 12.8. The van der Waals surface area contributed by atoms with Crippen LogP contribution in [0, 0.1) is 52.3 Å². The van der Waals surface area contributed by atoms with Gasteiger partial charge in [-0.15, -0.1) is 0 Å². The molecule has 162 valence electrons. The van der Waals surface area contributed by atoms with Gasteiger partial charge in [-0.25, -0.2) is 0 Å². The second kappa shape index (κ2) is 7.90. The molecule has 9 atom stereocenters. The molecular formula is C27H49N. The van der Waals surface area contributed by atoms with Crippen LogP contribution >= 0.6 is 0 Å². The molecule has 0 heterocycles. The maximum absolute atomic E-state index is 6.39. The largest absolute Gasteiger partial charge is 0.328 e. The molecule has 4 fully saturated rings. The molecular weight excluding hydrogens is 338 g/mol. The molecule has 1 heteroatoms. The van der Waals surface area contributed by atoms with Gasteiger partial charge < -0.3 is 5.73 Å². The number of hydrogen-bond acceptors (Lipinski definition) is 1. The summed E-state index contributed by atoms with van der Waals surface area (Å²) in [5.74, 6) is 6.79. The predicted molar refractivity (Wildman–Crippen MR) is 121 cm³/mol. The molecule has 0 bridgehead atoms. The first-order valence-corrected chi connectivity index (χ1v) is 13.0. The Labute approximate surface area is 176 Å². The predicted octanol–water partition coefficient (Wildman–Crippen LogP) is 7.44. The Morgan fingerprint density at radius 2 is 1.54 bits per heavy atom. The van der Waals surface area contributed by atoms with Gasteiger partial charge in [0.05, 0.1) is 0 Å². The van der Waals surface area contributed by atoms with Gasteiger partial charge in [-0.3, -0.25) is 0 Å². The molecule has 0 unspecified atom stereocenters. The lowest BCUT2D eigenvalue weighted by Crippen LogP contribution is -2.54. The van der Waals surface area contributed by atoms with Crippen molar-refractivity contribution >= 4 is 0 Å². The van der Waals surface area contributed by atoms with Crippen molar-refractivity contribution < 1.29 is 0 Å². The van der Waals surface area contributed by atoms with Crippen LogP contribution in [0.15, 0.2) is 0 Å². The van der Waals surface area contributed by atoms with Gasteiger partial charge >= 0.3 is 0 Å². The number of rotatable bonds is 5. The van der Waals surface area contributed by atoms with Gasteiger partial charge in [-0.05, 0) is 110 Å². The third-order valence-corrected chi connectivity index (χ3v) is 10.9. The van der Waals surface area contributed by atoms with Crippen molar-refractivity contribution in [1.82, 2.24) is 0 Å². The summed E-state index contributed by atoms with van der Waals surface area (Å²) in [4.78, 5) is 0. The lowest BCUT2D eigenvalue weighted by Gasteiger charge is -2.61. The van der Waals surface area contributed by atoms with Crippen LogP contribution in [0.1, 0.15) is 112 Å². The fraction of sp³-hybridized carbons (Fsp3) is 1.00. The van der Waals surface area contributed by atoms with Gasteiger partial charge in [0.25, 0.3) is 0 Å². The molecule has 0 aliphatic heterocycles. The van der Waals surface area contributed by atoms with E-state index in [0.29, 0.717) is 16.9 Å². The Morgan fingerprint density at radius 1 is 0.821 bits per heavy atom. The van der Waals surface area contributed by atoms with Crippen molar-refractivity contribution in [2.45, 2.75) is 118 Å².